The Morgan fingerprint density at radius 2 is 1.85 bits per heavy atom. The first-order chi connectivity index (χ1) is 16.0. The molecule has 4 nitrogen and oxygen atoms in total. The van der Waals surface area contributed by atoms with Crippen molar-refractivity contribution in [3.05, 3.63) is 65.6 Å². The van der Waals surface area contributed by atoms with Gasteiger partial charge < -0.3 is 4.42 Å². The molecule has 0 saturated heterocycles. The molecule has 1 aliphatic carbocycles. The van der Waals surface area contributed by atoms with Crippen molar-refractivity contribution in [1.29, 1.82) is 0 Å². The summed E-state index contributed by atoms with van der Waals surface area (Å²) in [5.41, 5.74) is 5.43. The van der Waals surface area contributed by atoms with E-state index in [-0.39, 0.29) is 11.1 Å². The average molecular weight is 445 g/mol. The molecule has 1 saturated carbocycles. The Balaban J connectivity index is 1.59. The van der Waals surface area contributed by atoms with Crippen LogP contribution < -0.4 is 4.57 Å². The highest BCUT2D eigenvalue weighted by atomic mass is 19.1. The van der Waals surface area contributed by atoms with Crippen LogP contribution in [0.25, 0.3) is 44.2 Å². The molecule has 0 bridgehead atoms. The van der Waals surface area contributed by atoms with Crippen molar-refractivity contribution >= 4 is 33.0 Å². The van der Waals surface area contributed by atoms with Crippen molar-refractivity contribution in [2.45, 2.75) is 39.0 Å². The SMILES string of the molecule is Cc1ccc2c(oc3nc(F)cc(F)c32)c1-c1c2ccc(CC3CCCC3)cc2nc[n+]1C. The van der Waals surface area contributed by atoms with Crippen molar-refractivity contribution in [2.24, 2.45) is 13.0 Å². The molecule has 1 aliphatic rings. The number of aryl methyl sites for hydroxylation is 2. The van der Waals surface area contributed by atoms with Crippen LogP contribution >= 0.6 is 0 Å². The van der Waals surface area contributed by atoms with Crippen LogP contribution in [0.1, 0.15) is 36.8 Å². The lowest BCUT2D eigenvalue weighted by atomic mass is 9.95. The van der Waals surface area contributed by atoms with Gasteiger partial charge in [0.1, 0.15) is 17.1 Å². The zero-order valence-electron chi connectivity index (χ0n) is 18.7. The van der Waals surface area contributed by atoms with Crippen LogP contribution in [0, 0.1) is 24.6 Å². The number of aromatic nitrogens is 3. The largest absolute Gasteiger partial charge is 0.437 e. The fourth-order valence-electron chi connectivity index (χ4n) is 5.42. The molecule has 0 aliphatic heterocycles. The van der Waals surface area contributed by atoms with Gasteiger partial charge in [0.2, 0.25) is 11.7 Å². The number of hydrogen-bond donors (Lipinski definition) is 0. The lowest BCUT2D eigenvalue weighted by Gasteiger charge is -2.11. The second-order valence-electron chi connectivity index (χ2n) is 9.25. The summed E-state index contributed by atoms with van der Waals surface area (Å²) in [6.45, 7) is 1.99. The third kappa shape index (κ3) is 3.27. The van der Waals surface area contributed by atoms with E-state index in [1.54, 1.807) is 6.33 Å². The number of nitrogens with zero attached hydrogens (tertiary/aromatic N) is 3. The first kappa shape index (κ1) is 20.2. The van der Waals surface area contributed by atoms with Gasteiger partial charge in [0.05, 0.1) is 23.4 Å². The Kier molecular flexibility index (Phi) is 4.64. The van der Waals surface area contributed by atoms with Crippen molar-refractivity contribution in [2.75, 3.05) is 0 Å². The molecule has 0 radical (unpaired) electrons. The fourth-order valence-corrected chi connectivity index (χ4v) is 5.42. The maximum Gasteiger partial charge on any atom is 0.287 e. The Labute approximate surface area is 189 Å². The summed E-state index contributed by atoms with van der Waals surface area (Å²) < 4.78 is 36.3. The monoisotopic (exact) mass is 444 g/mol. The predicted molar refractivity (Wildman–Crippen MR) is 124 cm³/mol. The minimum Gasteiger partial charge on any atom is -0.437 e. The Bertz CT molecular complexity index is 1550. The highest BCUT2D eigenvalue weighted by molar-refractivity contribution is 6.11. The van der Waals surface area contributed by atoms with E-state index in [1.807, 2.05) is 30.7 Å². The topological polar surface area (TPSA) is 42.8 Å². The van der Waals surface area contributed by atoms with Crippen LogP contribution in [-0.4, -0.2) is 9.97 Å². The third-order valence-electron chi connectivity index (χ3n) is 7.02. The molecule has 3 aromatic heterocycles. The van der Waals surface area contributed by atoms with Gasteiger partial charge in [-0.15, -0.1) is 0 Å². The molecule has 0 N–H and O–H groups in total. The van der Waals surface area contributed by atoms with Crippen molar-refractivity contribution < 1.29 is 17.8 Å². The molecule has 33 heavy (non-hydrogen) atoms. The molecule has 1 fully saturated rings. The van der Waals surface area contributed by atoms with Gasteiger partial charge in [0, 0.05) is 11.5 Å². The van der Waals surface area contributed by atoms with Crippen molar-refractivity contribution in [1.82, 2.24) is 9.97 Å². The summed E-state index contributed by atoms with van der Waals surface area (Å²) in [6, 6.07) is 11.0. The van der Waals surface area contributed by atoms with Gasteiger partial charge in [0.25, 0.3) is 6.33 Å². The maximum absolute atomic E-state index is 14.6. The summed E-state index contributed by atoms with van der Waals surface area (Å²) >= 11 is 0. The van der Waals surface area contributed by atoms with Gasteiger partial charge in [0.15, 0.2) is 5.52 Å². The third-order valence-corrected chi connectivity index (χ3v) is 7.02. The first-order valence-corrected chi connectivity index (χ1v) is 11.4. The lowest BCUT2D eigenvalue weighted by Crippen LogP contribution is -2.32. The minimum atomic E-state index is -0.896. The molecular weight excluding hydrogens is 420 g/mol. The normalized spacial score (nSPS) is 14.8. The zero-order valence-corrected chi connectivity index (χ0v) is 18.7. The molecule has 6 heteroatoms. The standard InChI is InChI=1S/C27H24F2N3O/c1-15-7-9-19-24-20(28)13-22(29)31-27(24)33-26(19)23(15)25-18-10-8-17(11-16-5-3-4-6-16)12-21(18)30-14-32(25)2/h7-10,12-14,16H,3-6,11H2,1-2H3/q+1. The predicted octanol–water partition coefficient (Wildman–Crippen LogP) is 6.34. The second-order valence-corrected chi connectivity index (χ2v) is 9.25. The molecular formula is C27H24F2N3O+. The summed E-state index contributed by atoms with van der Waals surface area (Å²) in [6.07, 6.45) is 8.16. The smallest absolute Gasteiger partial charge is 0.287 e. The lowest BCUT2D eigenvalue weighted by molar-refractivity contribution is -0.662. The first-order valence-electron chi connectivity index (χ1n) is 11.4. The number of pyridine rings is 1. The van der Waals surface area contributed by atoms with Crippen molar-refractivity contribution in [3.63, 3.8) is 0 Å². The second kappa shape index (κ2) is 7.58. The zero-order chi connectivity index (χ0) is 22.7. The van der Waals surface area contributed by atoms with Crippen LogP contribution in [0.15, 0.2) is 47.1 Å². The van der Waals surface area contributed by atoms with E-state index in [0.29, 0.717) is 11.0 Å². The number of halogens is 2. The van der Waals surface area contributed by atoms with E-state index >= 15 is 0 Å². The summed E-state index contributed by atoms with van der Waals surface area (Å²) in [7, 11) is 1.94. The highest BCUT2D eigenvalue weighted by Gasteiger charge is 2.25. The molecule has 0 amide bonds. The molecule has 166 valence electrons. The Morgan fingerprint density at radius 1 is 1.06 bits per heavy atom. The molecule has 6 rings (SSSR count). The summed E-state index contributed by atoms with van der Waals surface area (Å²) in [5.74, 6) is -0.810. The molecule has 3 heterocycles. The Morgan fingerprint density at radius 3 is 2.67 bits per heavy atom. The minimum absolute atomic E-state index is 0.0331. The summed E-state index contributed by atoms with van der Waals surface area (Å²) in [5, 5.41) is 1.77. The maximum atomic E-state index is 14.6. The number of rotatable bonds is 3. The average Bonchev–Trinajstić information content (AvgIpc) is 3.42. The van der Waals surface area contributed by atoms with E-state index in [9.17, 15) is 8.78 Å². The summed E-state index contributed by atoms with van der Waals surface area (Å²) in [4.78, 5) is 8.48. The number of hydrogen-bond acceptors (Lipinski definition) is 3. The Hall–Kier alpha value is -3.41. The van der Waals surface area contributed by atoms with Gasteiger partial charge in [-0.05, 0) is 47.5 Å². The molecule has 0 spiro atoms. The number of benzene rings is 2. The van der Waals surface area contributed by atoms with Crippen LogP contribution in [0.4, 0.5) is 8.78 Å². The number of fused-ring (bicyclic) bond motifs is 4. The molecule has 5 aromatic rings. The van der Waals surface area contributed by atoms with E-state index < -0.39 is 11.8 Å². The molecule has 0 unspecified atom stereocenters. The van der Waals surface area contributed by atoms with Crippen LogP contribution in [0.5, 0.6) is 0 Å². The molecule has 2 aromatic carbocycles. The van der Waals surface area contributed by atoms with Gasteiger partial charge in [-0.1, -0.05) is 43.9 Å². The van der Waals surface area contributed by atoms with Crippen LogP contribution in [0.3, 0.4) is 0 Å². The van der Waals surface area contributed by atoms with Crippen LogP contribution in [-0.2, 0) is 13.5 Å². The van der Waals surface area contributed by atoms with Crippen LogP contribution in [0.2, 0.25) is 0 Å². The van der Waals surface area contributed by atoms with Crippen molar-refractivity contribution in [3.8, 4) is 11.3 Å². The molecule has 0 atom stereocenters. The van der Waals surface area contributed by atoms with Gasteiger partial charge in [-0.2, -0.15) is 9.37 Å². The van der Waals surface area contributed by atoms with E-state index in [1.165, 1.54) is 31.2 Å². The van der Waals surface area contributed by atoms with E-state index in [0.717, 1.165) is 46.1 Å². The van der Waals surface area contributed by atoms with Gasteiger partial charge in [-0.25, -0.2) is 8.96 Å². The highest BCUT2D eigenvalue weighted by Crippen LogP contribution is 2.39. The van der Waals surface area contributed by atoms with Gasteiger partial charge >= 0.3 is 0 Å². The fraction of sp³-hybridized carbons (Fsp3) is 0.296. The quantitative estimate of drug-likeness (QED) is 0.241. The number of furan rings is 1. The van der Waals surface area contributed by atoms with E-state index in [4.69, 9.17) is 9.40 Å². The van der Waals surface area contributed by atoms with E-state index in [2.05, 4.69) is 23.2 Å². The van der Waals surface area contributed by atoms with Gasteiger partial charge in [-0.3, -0.25) is 0 Å².